The standard InChI is InChI=1S/C10H20N4O/c1-8(2)4-14-7-13(3)5-9(10(14)11)12-6-15/h5-6,8,10H,4,7,11H2,1-3H3,(H,12,15). The summed E-state index contributed by atoms with van der Waals surface area (Å²) >= 11 is 0. The van der Waals surface area contributed by atoms with Crippen LogP contribution in [-0.2, 0) is 4.79 Å². The van der Waals surface area contributed by atoms with Crippen LogP contribution in [0.3, 0.4) is 0 Å². The second-order valence-corrected chi connectivity index (χ2v) is 4.36. The van der Waals surface area contributed by atoms with Crippen molar-refractivity contribution in [1.82, 2.24) is 15.1 Å². The van der Waals surface area contributed by atoms with E-state index in [0.717, 1.165) is 18.9 Å². The molecular weight excluding hydrogens is 192 g/mol. The molecule has 1 atom stereocenters. The first-order valence-electron chi connectivity index (χ1n) is 5.16. The van der Waals surface area contributed by atoms with Gasteiger partial charge in [0.2, 0.25) is 6.41 Å². The van der Waals surface area contributed by atoms with Crippen molar-refractivity contribution in [2.24, 2.45) is 11.7 Å². The lowest BCUT2D eigenvalue weighted by Gasteiger charge is -2.38. The van der Waals surface area contributed by atoms with E-state index in [1.54, 1.807) is 0 Å². The number of carbonyl (C=O) groups excluding carboxylic acids is 1. The van der Waals surface area contributed by atoms with Crippen LogP contribution in [0.15, 0.2) is 11.9 Å². The molecule has 5 nitrogen and oxygen atoms in total. The van der Waals surface area contributed by atoms with Crippen molar-refractivity contribution >= 4 is 6.41 Å². The second-order valence-electron chi connectivity index (χ2n) is 4.36. The van der Waals surface area contributed by atoms with Crippen LogP contribution in [0.25, 0.3) is 0 Å². The number of nitrogens with one attached hydrogen (secondary N) is 1. The quantitative estimate of drug-likeness (QED) is 0.629. The van der Waals surface area contributed by atoms with Gasteiger partial charge < -0.3 is 16.0 Å². The van der Waals surface area contributed by atoms with E-state index in [1.807, 2.05) is 18.1 Å². The Morgan fingerprint density at radius 3 is 2.93 bits per heavy atom. The fraction of sp³-hybridized carbons (Fsp3) is 0.700. The zero-order valence-corrected chi connectivity index (χ0v) is 9.60. The molecule has 0 spiro atoms. The van der Waals surface area contributed by atoms with Gasteiger partial charge in [-0.25, -0.2) is 0 Å². The Balaban J connectivity index is 2.70. The minimum Gasteiger partial charge on any atom is -0.366 e. The van der Waals surface area contributed by atoms with Crippen LogP contribution < -0.4 is 11.1 Å². The van der Waals surface area contributed by atoms with Gasteiger partial charge in [-0.15, -0.1) is 0 Å². The third-order valence-electron chi connectivity index (χ3n) is 2.30. The number of hydrogen-bond acceptors (Lipinski definition) is 4. The van der Waals surface area contributed by atoms with Crippen molar-refractivity contribution < 1.29 is 4.79 Å². The Morgan fingerprint density at radius 2 is 2.40 bits per heavy atom. The van der Waals surface area contributed by atoms with Crippen LogP contribution in [-0.4, -0.2) is 42.6 Å². The largest absolute Gasteiger partial charge is 0.366 e. The fourth-order valence-corrected chi connectivity index (χ4v) is 1.76. The molecule has 0 radical (unpaired) electrons. The van der Waals surface area contributed by atoms with Crippen molar-refractivity contribution in [2.45, 2.75) is 20.0 Å². The summed E-state index contributed by atoms with van der Waals surface area (Å²) in [5, 5.41) is 2.64. The minimum atomic E-state index is -0.214. The van der Waals surface area contributed by atoms with E-state index in [9.17, 15) is 4.79 Å². The van der Waals surface area contributed by atoms with Crippen LogP contribution in [0.1, 0.15) is 13.8 Å². The van der Waals surface area contributed by atoms with E-state index in [-0.39, 0.29) is 6.17 Å². The van der Waals surface area contributed by atoms with Crippen LogP contribution in [0.4, 0.5) is 0 Å². The molecule has 1 aliphatic rings. The highest BCUT2D eigenvalue weighted by atomic mass is 16.1. The summed E-state index contributed by atoms with van der Waals surface area (Å²) in [5.41, 5.74) is 6.78. The smallest absolute Gasteiger partial charge is 0.211 e. The van der Waals surface area contributed by atoms with Gasteiger partial charge in [0, 0.05) is 19.8 Å². The predicted octanol–water partition coefficient (Wildman–Crippen LogP) is -0.280. The molecule has 0 aromatic carbocycles. The molecule has 5 heteroatoms. The van der Waals surface area contributed by atoms with E-state index in [4.69, 9.17) is 5.73 Å². The Labute approximate surface area is 90.9 Å². The molecule has 0 aliphatic carbocycles. The fourth-order valence-electron chi connectivity index (χ4n) is 1.76. The molecule has 0 aromatic rings. The third-order valence-corrected chi connectivity index (χ3v) is 2.30. The summed E-state index contributed by atoms with van der Waals surface area (Å²) in [6.45, 7) is 6.02. The Morgan fingerprint density at radius 1 is 1.73 bits per heavy atom. The molecule has 0 fully saturated rings. The van der Waals surface area contributed by atoms with E-state index in [1.165, 1.54) is 0 Å². The Bertz CT molecular complexity index is 252. The van der Waals surface area contributed by atoms with Crippen LogP contribution in [0, 0.1) is 5.92 Å². The van der Waals surface area contributed by atoms with Crippen molar-refractivity contribution in [1.29, 1.82) is 0 Å². The molecular formula is C10H20N4O. The third kappa shape index (κ3) is 3.21. The highest BCUT2D eigenvalue weighted by Gasteiger charge is 2.24. The maximum atomic E-state index is 10.4. The highest BCUT2D eigenvalue weighted by molar-refractivity contribution is 5.50. The van der Waals surface area contributed by atoms with Crippen LogP contribution in [0.5, 0.6) is 0 Å². The molecule has 1 amide bonds. The number of hydrogen-bond donors (Lipinski definition) is 2. The summed E-state index contributed by atoms with van der Waals surface area (Å²) in [6.07, 6.45) is 2.32. The molecule has 0 bridgehead atoms. The molecule has 1 rings (SSSR count). The minimum absolute atomic E-state index is 0.214. The van der Waals surface area contributed by atoms with E-state index >= 15 is 0 Å². The molecule has 0 aromatic heterocycles. The number of nitrogens with zero attached hydrogens (tertiary/aromatic N) is 2. The molecule has 86 valence electrons. The Kier molecular flexibility index (Phi) is 4.11. The molecule has 3 N–H and O–H groups in total. The monoisotopic (exact) mass is 212 g/mol. The predicted molar refractivity (Wildman–Crippen MR) is 59.4 cm³/mol. The molecule has 0 saturated heterocycles. The lowest BCUT2D eigenvalue weighted by molar-refractivity contribution is -0.109. The first kappa shape index (κ1) is 12.0. The number of nitrogens with two attached hydrogens (primary N) is 1. The zero-order valence-electron chi connectivity index (χ0n) is 9.60. The highest BCUT2D eigenvalue weighted by Crippen LogP contribution is 2.13. The average molecular weight is 212 g/mol. The summed E-state index contributed by atoms with van der Waals surface area (Å²) in [4.78, 5) is 14.6. The maximum Gasteiger partial charge on any atom is 0.211 e. The lowest BCUT2D eigenvalue weighted by Crippen LogP contribution is -2.54. The lowest BCUT2D eigenvalue weighted by atomic mass is 10.2. The van der Waals surface area contributed by atoms with Gasteiger partial charge in [-0.3, -0.25) is 9.69 Å². The SMILES string of the molecule is CC(C)CN1CN(C)C=C(NC=O)C1N. The molecule has 1 unspecified atom stereocenters. The average Bonchev–Trinajstić information content (AvgIpc) is 2.12. The van der Waals surface area contributed by atoms with Gasteiger partial charge >= 0.3 is 0 Å². The van der Waals surface area contributed by atoms with Crippen LogP contribution >= 0.6 is 0 Å². The normalized spacial score (nSPS) is 22.9. The van der Waals surface area contributed by atoms with Gasteiger partial charge in [0.1, 0.15) is 6.17 Å². The number of amides is 1. The molecule has 0 saturated carbocycles. The van der Waals surface area contributed by atoms with Crippen molar-refractivity contribution in [2.75, 3.05) is 20.3 Å². The van der Waals surface area contributed by atoms with Gasteiger partial charge in [-0.2, -0.15) is 0 Å². The van der Waals surface area contributed by atoms with Crippen molar-refractivity contribution in [3.8, 4) is 0 Å². The van der Waals surface area contributed by atoms with E-state index in [2.05, 4.69) is 24.1 Å². The Hall–Kier alpha value is -1.07. The summed E-state index contributed by atoms with van der Waals surface area (Å²) in [5.74, 6) is 0.556. The topological polar surface area (TPSA) is 61.6 Å². The summed E-state index contributed by atoms with van der Waals surface area (Å²) < 4.78 is 0. The van der Waals surface area contributed by atoms with Crippen LogP contribution in [0.2, 0.25) is 0 Å². The molecule has 1 heterocycles. The molecule has 15 heavy (non-hydrogen) atoms. The van der Waals surface area contributed by atoms with Crippen molar-refractivity contribution in [3.63, 3.8) is 0 Å². The second kappa shape index (κ2) is 5.14. The van der Waals surface area contributed by atoms with Gasteiger partial charge in [0.15, 0.2) is 0 Å². The van der Waals surface area contributed by atoms with E-state index in [0.29, 0.717) is 12.3 Å². The van der Waals surface area contributed by atoms with Gasteiger partial charge in [0.25, 0.3) is 0 Å². The van der Waals surface area contributed by atoms with Gasteiger partial charge in [0.05, 0.1) is 12.4 Å². The van der Waals surface area contributed by atoms with Gasteiger partial charge in [-0.1, -0.05) is 13.8 Å². The van der Waals surface area contributed by atoms with Gasteiger partial charge in [-0.05, 0) is 5.92 Å². The van der Waals surface area contributed by atoms with E-state index < -0.39 is 0 Å². The first-order valence-corrected chi connectivity index (χ1v) is 5.16. The summed E-state index contributed by atoms with van der Waals surface area (Å²) in [7, 11) is 1.96. The van der Waals surface area contributed by atoms with Crippen molar-refractivity contribution in [3.05, 3.63) is 11.9 Å². The number of rotatable bonds is 4. The molecule has 1 aliphatic heterocycles. The zero-order chi connectivity index (χ0) is 11.4. The number of carbonyl (C=O) groups is 1. The first-order chi connectivity index (χ1) is 7.04. The maximum absolute atomic E-state index is 10.4. The summed E-state index contributed by atoms with van der Waals surface area (Å²) in [6, 6.07) is 0.